The molecule has 3 aromatic heterocycles. The molecule has 150 valence electrons. The van der Waals surface area contributed by atoms with Crippen LogP contribution in [0.25, 0.3) is 22.4 Å². The van der Waals surface area contributed by atoms with Crippen molar-refractivity contribution in [1.82, 2.24) is 33.9 Å². The maximum atomic E-state index is 12.6. The van der Waals surface area contributed by atoms with Crippen molar-refractivity contribution in [3.63, 3.8) is 0 Å². The minimum atomic E-state index is -0.0966. The van der Waals surface area contributed by atoms with E-state index in [1.807, 2.05) is 58.4 Å². The molecule has 0 radical (unpaired) electrons. The first-order chi connectivity index (χ1) is 14.5. The Hall–Kier alpha value is -3.17. The molecule has 5 rings (SSSR count). The van der Waals surface area contributed by atoms with Crippen molar-refractivity contribution in [3.8, 4) is 5.69 Å². The average Bonchev–Trinajstić information content (AvgIpc) is 3.39. The van der Waals surface area contributed by atoms with Crippen LogP contribution in [-0.4, -0.2) is 33.9 Å². The molecule has 0 aliphatic carbocycles. The number of thioether (sulfide) groups is 1. The van der Waals surface area contributed by atoms with Crippen molar-refractivity contribution in [2.24, 2.45) is 7.05 Å². The lowest BCUT2D eigenvalue weighted by atomic mass is 10.2. The van der Waals surface area contributed by atoms with Gasteiger partial charge in [-0.1, -0.05) is 41.6 Å². The van der Waals surface area contributed by atoms with Crippen LogP contribution in [0.5, 0.6) is 0 Å². The molecule has 0 N–H and O–H groups in total. The summed E-state index contributed by atoms with van der Waals surface area (Å²) in [5.74, 6) is 1.72. The number of halogens is 1. The predicted octanol–water partition coefficient (Wildman–Crippen LogP) is 3.42. The second kappa shape index (κ2) is 7.26. The summed E-state index contributed by atoms with van der Waals surface area (Å²) in [5.41, 5.74) is 2.58. The first-order valence-electron chi connectivity index (χ1n) is 9.15. The van der Waals surface area contributed by atoms with Crippen molar-refractivity contribution < 1.29 is 0 Å². The Morgan fingerprint density at radius 1 is 1.10 bits per heavy atom. The van der Waals surface area contributed by atoms with Gasteiger partial charge in [-0.25, -0.2) is 0 Å². The monoisotopic (exact) mass is 437 g/mol. The molecule has 5 aromatic rings. The standard InChI is InChI=1S/C20H16ClN7OS/c1-12-7-8-13(9-15(12)21)27-11-22-25-20(27)30-10-17-23-24-19-26(2)18(29)14-5-3-4-6-16(14)28(17)19/h3-9,11H,10H2,1-2H3. The Labute approximate surface area is 180 Å². The highest BCUT2D eigenvalue weighted by molar-refractivity contribution is 7.98. The fourth-order valence-electron chi connectivity index (χ4n) is 3.35. The van der Waals surface area contributed by atoms with Crippen LogP contribution >= 0.6 is 23.4 Å². The van der Waals surface area contributed by atoms with Crippen LogP contribution in [0, 0.1) is 6.92 Å². The Morgan fingerprint density at radius 2 is 1.93 bits per heavy atom. The van der Waals surface area contributed by atoms with E-state index in [9.17, 15) is 4.79 Å². The van der Waals surface area contributed by atoms with Crippen molar-refractivity contribution in [3.05, 3.63) is 75.6 Å². The molecule has 3 heterocycles. The number of para-hydroxylation sites is 1. The molecule has 0 aliphatic rings. The minimum absolute atomic E-state index is 0.0966. The SMILES string of the molecule is Cc1ccc(-n2cnnc2SCc2nnc3n(C)c(=O)c4ccccc4n23)cc1Cl. The van der Waals surface area contributed by atoms with Gasteiger partial charge in [-0.3, -0.25) is 18.3 Å². The third kappa shape index (κ3) is 2.98. The Balaban J connectivity index is 1.54. The van der Waals surface area contributed by atoms with E-state index < -0.39 is 0 Å². The lowest BCUT2D eigenvalue weighted by molar-refractivity contribution is 0.857. The maximum absolute atomic E-state index is 12.6. The van der Waals surface area contributed by atoms with Gasteiger partial charge in [0.05, 0.1) is 22.3 Å². The summed E-state index contributed by atoms with van der Waals surface area (Å²) in [4.78, 5) is 12.6. The van der Waals surface area contributed by atoms with Crippen LogP contribution in [0.2, 0.25) is 5.02 Å². The number of aromatic nitrogens is 7. The van der Waals surface area contributed by atoms with Gasteiger partial charge in [0.1, 0.15) is 12.2 Å². The van der Waals surface area contributed by atoms with Gasteiger partial charge in [0, 0.05) is 12.1 Å². The van der Waals surface area contributed by atoms with Crippen LogP contribution in [0.15, 0.2) is 58.7 Å². The molecule has 10 heteroatoms. The number of benzene rings is 2. The third-order valence-corrected chi connectivity index (χ3v) is 6.32. The van der Waals surface area contributed by atoms with Gasteiger partial charge in [0.25, 0.3) is 5.56 Å². The molecular formula is C20H16ClN7OS. The minimum Gasteiger partial charge on any atom is -0.279 e. The summed E-state index contributed by atoms with van der Waals surface area (Å²) in [6.45, 7) is 1.96. The van der Waals surface area contributed by atoms with Crippen molar-refractivity contribution in [2.75, 3.05) is 0 Å². The smallest absolute Gasteiger partial charge is 0.262 e. The molecular weight excluding hydrogens is 422 g/mol. The fraction of sp³-hybridized carbons (Fsp3) is 0.150. The molecule has 0 aliphatic heterocycles. The third-order valence-electron chi connectivity index (χ3n) is 4.97. The molecule has 0 unspecified atom stereocenters. The van der Waals surface area contributed by atoms with E-state index in [1.165, 1.54) is 16.3 Å². The highest BCUT2D eigenvalue weighted by Gasteiger charge is 2.16. The summed E-state index contributed by atoms with van der Waals surface area (Å²) in [6.07, 6.45) is 1.66. The van der Waals surface area contributed by atoms with E-state index in [1.54, 1.807) is 13.4 Å². The van der Waals surface area contributed by atoms with Crippen LogP contribution in [-0.2, 0) is 12.8 Å². The molecule has 0 spiro atoms. The molecule has 0 amide bonds. The molecule has 0 saturated carbocycles. The van der Waals surface area contributed by atoms with Crippen LogP contribution < -0.4 is 5.56 Å². The van der Waals surface area contributed by atoms with Gasteiger partial charge in [-0.2, -0.15) is 0 Å². The van der Waals surface area contributed by atoms with E-state index in [4.69, 9.17) is 11.6 Å². The first-order valence-corrected chi connectivity index (χ1v) is 10.5. The Bertz CT molecular complexity index is 1470. The molecule has 0 bridgehead atoms. The quantitative estimate of drug-likeness (QED) is 0.401. The molecule has 30 heavy (non-hydrogen) atoms. The topological polar surface area (TPSA) is 82.9 Å². The van der Waals surface area contributed by atoms with E-state index in [-0.39, 0.29) is 5.56 Å². The molecule has 0 atom stereocenters. The zero-order chi connectivity index (χ0) is 20.8. The zero-order valence-electron chi connectivity index (χ0n) is 16.2. The van der Waals surface area contributed by atoms with Crippen molar-refractivity contribution in [1.29, 1.82) is 0 Å². The molecule has 8 nitrogen and oxygen atoms in total. The maximum Gasteiger partial charge on any atom is 0.262 e. The predicted molar refractivity (Wildman–Crippen MR) is 116 cm³/mol. The summed E-state index contributed by atoms with van der Waals surface area (Å²) in [6, 6.07) is 13.3. The Kier molecular flexibility index (Phi) is 4.56. The number of fused-ring (bicyclic) bond motifs is 3. The molecule has 0 saturated heterocycles. The Morgan fingerprint density at radius 3 is 2.77 bits per heavy atom. The normalized spacial score (nSPS) is 11.6. The van der Waals surface area contributed by atoms with Gasteiger partial charge >= 0.3 is 0 Å². The van der Waals surface area contributed by atoms with Crippen LogP contribution in [0.3, 0.4) is 0 Å². The summed E-state index contributed by atoms with van der Waals surface area (Å²) in [7, 11) is 1.70. The van der Waals surface area contributed by atoms with Crippen molar-refractivity contribution in [2.45, 2.75) is 17.8 Å². The largest absolute Gasteiger partial charge is 0.279 e. The van der Waals surface area contributed by atoms with Crippen molar-refractivity contribution >= 4 is 40.0 Å². The van der Waals surface area contributed by atoms with Gasteiger partial charge < -0.3 is 0 Å². The lowest BCUT2D eigenvalue weighted by Gasteiger charge is -2.09. The number of hydrogen-bond donors (Lipinski definition) is 0. The first kappa shape index (κ1) is 18.8. The van der Waals surface area contributed by atoms with E-state index in [0.29, 0.717) is 27.1 Å². The van der Waals surface area contributed by atoms with E-state index >= 15 is 0 Å². The van der Waals surface area contributed by atoms with Gasteiger partial charge in [0.15, 0.2) is 5.16 Å². The molecule has 0 fully saturated rings. The highest BCUT2D eigenvalue weighted by Crippen LogP contribution is 2.26. The summed E-state index contributed by atoms with van der Waals surface area (Å²) in [5, 5.41) is 18.9. The van der Waals surface area contributed by atoms with Gasteiger partial charge in [0.2, 0.25) is 5.78 Å². The lowest BCUT2D eigenvalue weighted by Crippen LogP contribution is -2.20. The number of nitrogens with zero attached hydrogens (tertiary/aromatic N) is 7. The average molecular weight is 438 g/mol. The van der Waals surface area contributed by atoms with Gasteiger partial charge in [-0.05, 0) is 36.8 Å². The zero-order valence-corrected chi connectivity index (χ0v) is 17.7. The number of aryl methyl sites for hydroxylation is 2. The summed E-state index contributed by atoms with van der Waals surface area (Å²) >= 11 is 7.76. The highest BCUT2D eigenvalue weighted by atomic mass is 35.5. The number of hydrogen-bond acceptors (Lipinski definition) is 6. The second-order valence-electron chi connectivity index (χ2n) is 6.84. The van der Waals surface area contributed by atoms with E-state index in [2.05, 4.69) is 20.4 Å². The number of rotatable bonds is 4. The fourth-order valence-corrected chi connectivity index (χ4v) is 4.36. The second-order valence-corrected chi connectivity index (χ2v) is 8.19. The van der Waals surface area contributed by atoms with Crippen LogP contribution in [0.1, 0.15) is 11.4 Å². The molecule has 2 aromatic carbocycles. The van der Waals surface area contributed by atoms with E-state index in [0.717, 1.165) is 22.6 Å². The summed E-state index contributed by atoms with van der Waals surface area (Å²) < 4.78 is 5.31. The van der Waals surface area contributed by atoms with Gasteiger partial charge in [-0.15, -0.1) is 20.4 Å². The van der Waals surface area contributed by atoms with Crippen LogP contribution in [0.4, 0.5) is 0 Å².